The van der Waals surface area contributed by atoms with E-state index in [4.69, 9.17) is 9.84 Å². The van der Waals surface area contributed by atoms with Crippen LogP contribution >= 0.6 is 0 Å². The van der Waals surface area contributed by atoms with E-state index in [2.05, 4.69) is 0 Å². The number of hydrogen-bond donors (Lipinski definition) is 2. The first kappa shape index (κ1) is 12.0. The normalized spacial score (nSPS) is 9.94. The van der Waals surface area contributed by atoms with Gasteiger partial charge in [-0.3, -0.25) is 4.79 Å². The Morgan fingerprint density at radius 3 is 2.25 bits per heavy atom. The van der Waals surface area contributed by atoms with Gasteiger partial charge in [0, 0.05) is 0 Å². The molecule has 0 spiro atoms. The van der Waals surface area contributed by atoms with Crippen molar-refractivity contribution in [3.63, 3.8) is 0 Å². The van der Waals surface area contributed by atoms with Crippen LogP contribution in [-0.4, -0.2) is 29.1 Å². The number of methoxy groups -OCH3 is 1. The number of ketones is 1. The molecule has 2 N–H and O–H groups in total. The van der Waals surface area contributed by atoms with Crippen molar-refractivity contribution in [2.24, 2.45) is 0 Å². The van der Waals surface area contributed by atoms with Gasteiger partial charge in [-0.2, -0.15) is 0 Å². The lowest BCUT2D eigenvalue weighted by Gasteiger charge is -2.13. The molecule has 1 rings (SSSR count). The summed E-state index contributed by atoms with van der Waals surface area (Å²) in [6.07, 6.45) is 0. The molecule has 0 aliphatic rings. The van der Waals surface area contributed by atoms with Crippen molar-refractivity contribution in [2.45, 2.75) is 13.8 Å². The van der Waals surface area contributed by atoms with Gasteiger partial charge in [0.1, 0.15) is 17.1 Å². The van der Waals surface area contributed by atoms with Gasteiger partial charge in [-0.25, -0.2) is 4.79 Å². The van der Waals surface area contributed by atoms with Crippen molar-refractivity contribution in [3.8, 4) is 11.5 Å². The molecule has 0 radical (unpaired) electrons. The van der Waals surface area contributed by atoms with Crippen molar-refractivity contribution in [1.29, 1.82) is 0 Å². The lowest BCUT2D eigenvalue weighted by molar-refractivity contribution is 0.0690. The average molecular weight is 224 g/mol. The number of aromatic carboxylic acids is 1. The first-order valence-corrected chi connectivity index (χ1v) is 4.55. The Morgan fingerprint density at radius 2 is 1.88 bits per heavy atom. The van der Waals surface area contributed by atoms with Gasteiger partial charge in [0.2, 0.25) is 0 Å². The molecule has 0 aliphatic carbocycles. The number of carboxylic acids is 1. The van der Waals surface area contributed by atoms with Crippen LogP contribution in [0, 0.1) is 6.92 Å². The number of hydrogen-bond acceptors (Lipinski definition) is 4. The standard InChI is InChI=1S/C11H12O5/c1-5-4-7(13)9(11(14)15)10(16-3)8(5)6(2)12/h4,13H,1-3H3,(H,14,15). The molecule has 5 heteroatoms. The van der Waals surface area contributed by atoms with Crippen LogP contribution in [0.5, 0.6) is 11.5 Å². The highest BCUT2D eigenvalue weighted by molar-refractivity contribution is 6.04. The zero-order valence-corrected chi connectivity index (χ0v) is 9.20. The summed E-state index contributed by atoms with van der Waals surface area (Å²) in [6.45, 7) is 2.91. The number of carbonyl (C=O) groups excluding carboxylic acids is 1. The molecule has 0 fully saturated rings. The van der Waals surface area contributed by atoms with Crippen LogP contribution in [0.4, 0.5) is 0 Å². The molecule has 16 heavy (non-hydrogen) atoms. The summed E-state index contributed by atoms with van der Waals surface area (Å²) in [5, 5.41) is 18.4. The number of phenols is 1. The third kappa shape index (κ3) is 1.84. The Bertz CT molecular complexity index is 424. The van der Waals surface area contributed by atoms with E-state index in [0.29, 0.717) is 5.56 Å². The summed E-state index contributed by atoms with van der Waals surface area (Å²) >= 11 is 0. The number of ether oxygens (including phenoxy) is 1. The van der Waals surface area contributed by atoms with Gasteiger partial charge in [-0.15, -0.1) is 0 Å². The van der Waals surface area contributed by atoms with Gasteiger partial charge in [0.25, 0.3) is 0 Å². The second kappa shape index (κ2) is 4.22. The monoisotopic (exact) mass is 224 g/mol. The Morgan fingerprint density at radius 1 is 1.31 bits per heavy atom. The van der Waals surface area contributed by atoms with E-state index in [9.17, 15) is 14.7 Å². The molecule has 0 aromatic heterocycles. The van der Waals surface area contributed by atoms with Crippen LogP contribution in [0.2, 0.25) is 0 Å². The fourth-order valence-corrected chi connectivity index (χ4v) is 1.62. The van der Waals surface area contributed by atoms with Crippen LogP contribution in [0.1, 0.15) is 33.2 Å². The van der Waals surface area contributed by atoms with E-state index >= 15 is 0 Å². The van der Waals surface area contributed by atoms with Crippen LogP contribution in [0.25, 0.3) is 0 Å². The molecule has 0 saturated carbocycles. The first-order chi connectivity index (χ1) is 7.40. The van der Waals surface area contributed by atoms with Crippen molar-refractivity contribution in [3.05, 3.63) is 22.8 Å². The molecule has 0 heterocycles. The lowest BCUT2D eigenvalue weighted by Crippen LogP contribution is -2.08. The quantitative estimate of drug-likeness (QED) is 0.762. The zero-order chi connectivity index (χ0) is 12.5. The fraction of sp³-hybridized carbons (Fsp3) is 0.273. The first-order valence-electron chi connectivity index (χ1n) is 4.55. The van der Waals surface area contributed by atoms with E-state index in [1.165, 1.54) is 20.1 Å². The largest absolute Gasteiger partial charge is 0.507 e. The highest BCUT2D eigenvalue weighted by atomic mass is 16.5. The highest BCUT2D eigenvalue weighted by Gasteiger charge is 2.24. The van der Waals surface area contributed by atoms with Crippen molar-refractivity contribution >= 4 is 11.8 Å². The van der Waals surface area contributed by atoms with Gasteiger partial charge < -0.3 is 14.9 Å². The average Bonchev–Trinajstić information content (AvgIpc) is 2.14. The van der Waals surface area contributed by atoms with Crippen molar-refractivity contribution < 1.29 is 24.5 Å². The van der Waals surface area contributed by atoms with Gasteiger partial charge in [-0.05, 0) is 25.5 Å². The van der Waals surface area contributed by atoms with Gasteiger partial charge in [0.05, 0.1) is 12.7 Å². The second-order valence-electron chi connectivity index (χ2n) is 3.36. The minimum absolute atomic E-state index is 0.0995. The topological polar surface area (TPSA) is 83.8 Å². The predicted octanol–water partition coefficient (Wildman–Crippen LogP) is 1.61. The molecule has 0 amide bonds. The van der Waals surface area contributed by atoms with Gasteiger partial charge >= 0.3 is 5.97 Å². The molecule has 0 atom stereocenters. The van der Waals surface area contributed by atoms with E-state index in [0.717, 1.165) is 0 Å². The minimum atomic E-state index is -1.34. The number of aryl methyl sites for hydroxylation is 1. The molecule has 0 bridgehead atoms. The molecule has 1 aromatic carbocycles. The van der Waals surface area contributed by atoms with Crippen LogP contribution in [0.15, 0.2) is 6.07 Å². The molecular weight excluding hydrogens is 212 g/mol. The van der Waals surface area contributed by atoms with Crippen LogP contribution in [-0.2, 0) is 0 Å². The van der Waals surface area contributed by atoms with Crippen molar-refractivity contribution in [2.75, 3.05) is 7.11 Å². The Labute approximate surface area is 92.3 Å². The van der Waals surface area contributed by atoms with Gasteiger partial charge in [-0.1, -0.05) is 0 Å². The molecule has 0 aliphatic heterocycles. The Balaban J connectivity index is 3.69. The molecule has 0 saturated heterocycles. The summed E-state index contributed by atoms with van der Waals surface area (Å²) in [5.74, 6) is -2.15. The highest BCUT2D eigenvalue weighted by Crippen LogP contribution is 2.34. The summed E-state index contributed by atoms with van der Waals surface area (Å²) in [6, 6.07) is 1.24. The van der Waals surface area contributed by atoms with Crippen LogP contribution < -0.4 is 4.74 Å². The number of carboxylic acid groups (broad SMARTS) is 1. The fourth-order valence-electron chi connectivity index (χ4n) is 1.62. The van der Waals surface area contributed by atoms with Crippen LogP contribution in [0.3, 0.4) is 0 Å². The summed E-state index contributed by atoms with van der Waals surface area (Å²) < 4.78 is 4.90. The van der Waals surface area contributed by atoms with Crippen molar-refractivity contribution in [1.82, 2.24) is 0 Å². The molecule has 0 unspecified atom stereocenters. The van der Waals surface area contributed by atoms with E-state index in [-0.39, 0.29) is 17.1 Å². The summed E-state index contributed by atoms with van der Waals surface area (Å²) in [5.41, 5.74) is 0.267. The molecule has 5 nitrogen and oxygen atoms in total. The van der Waals surface area contributed by atoms with E-state index in [1.54, 1.807) is 6.92 Å². The Kier molecular flexibility index (Phi) is 3.17. The molecular formula is C11H12O5. The smallest absolute Gasteiger partial charge is 0.343 e. The Hall–Kier alpha value is -2.04. The summed E-state index contributed by atoms with van der Waals surface area (Å²) in [7, 11) is 1.26. The maximum absolute atomic E-state index is 11.4. The number of carbonyl (C=O) groups is 2. The number of aromatic hydroxyl groups is 1. The lowest BCUT2D eigenvalue weighted by atomic mass is 9.99. The SMILES string of the molecule is COc1c(C(C)=O)c(C)cc(O)c1C(=O)O. The van der Waals surface area contributed by atoms with E-state index in [1.807, 2.05) is 0 Å². The summed E-state index contributed by atoms with van der Waals surface area (Å²) in [4.78, 5) is 22.3. The number of benzene rings is 1. The third-order valence-corrected chi connectivity index (χ3v) is 2.23. The van der Waals surface area contributed by atoms with Gasteiger partial charge in [0.15, 0.2) is 5.78 Å². The number of Topliss-reactive ketones (excluding diaryl/α,β-unsaturated/α-hetero) is 1. The molecule has 1 aromatic rings. The number of rotatable bonds is 3. The van der Waals surface area contributed by atoms with E-state index < -0.39 is 17.3 Å². The minimum Gasteiger partial charge on any atom is -0.507 e. The maximum Gasteiger partial charge on any atom is 0.343 e. The zero-order valence-electron chi connectivity index (χ0n) is 9.20. The molecule has 86 valence electrons. The second-order valence-corrected chi connectivity index (χ2v) is 3.36. The maximum atomic E-state index is 11.4. The predicted molar refractivity (Wildman–Crippen MR) is 56.4 cm³/mol. The third-order valence-electron chi connectivity index (χ3n) is 2.23.